The molecule has 0 saturated heterocycles. The predicted molar refractivity (Wildman–Crippen MR) is 67.5 cm³/mol. The van der Waals surface area contributed by atoms with E-state index in [2.05, 4.69) is 10.2 Å². The first-order valence-corrected chi connectivity index (χ1v) is 5.90. The Bertz CT molecular complexity index is 664. The average Bonchev–Trinajstić information content (AvgIpc) is 2.48. The number of halogens is 2. The van der Waals surface area contributed by atoms with Gasteiger partial charge >= 0.3 is 5.97 Å². The SMILES string of the molecule is N#Cc1ccc(OC(=O)Cc2ccc(C(F)F)cc2)nn1. The number of rotatable bonds is 4. The topological polar surface area (TPSA) is 75.9 Å². The van der Waals surface area contributed by atoms with E-state index in [1.54, 1.807) is 6.07 Å². The zero-order valence-corrected chi connectivity index (χ0v) is 10.7. The minimum absolute atomic E-state index is 0.0248. The number of hydrogen-bond acceptors (Lipinski definition) is 5. The fraction of sp³-hybridized carbons (Fsp3) is 0.143. The summed E-state index contributed by atoms with van der Waals surface area (Å²) in [6.07, 6.45) is -2.62. The molecule has 2 aromatic rings. The minimum Gasteiger partial charge on any atom is -0.406 e. The Morgan fingerprint density at radius 2 is 1.90 bits per heavy atom. The van der Waals surface area contributed by atoms with Crippen LogP contribution in [0.3, 0.4) is 0 Å². The van der Waals surface area contributed by atoms with E-state index in [9.17, 15) is 13.6 Å². The van der Waals surface area contributed by atoms with Gasteiger partial charge in [0, 0.05) is 11.6 Å². The molecule has 5 nitrogen and oxygen atoms in total. The number of aromatic nitrogens is 2. The lowest BCUT2D eigenvalue weighted by molar-refractivity contribution is -0.133. The van der Waals surface area contributed by atoms with Gasteiger partial charge in [-0.1, -0.05) is 24.3 Å². The molecule has 1 aromatic heterocycles. The van der Waals surface area contributed by atoms with Gasteiger partial charge < -0.3 is 4.74 Å². The van der Waals surface area contributed by atoms with Crippen molar-refractivity contribution in [2.45, 2.75) is 12.8 Å². The van der Waals surface area contributed by atoms with Crippen LogP contribution in [-0.4, -0.2) is 16.2 Å². The Kier molecular flexibility index (Phi) is 4.51. The van der Waals surface area contributed by atoms with E-state index in [1.165, 1.54) is 36.4 Å². The van der Waals surface area contributed by atoms with Gasteiger partial charge in [0.1, 0.15) is 6.07 Å². The molecule has 21 heavy (non-hydrogen) atoms. The van der Waals surface area contributed by atoms with Crippen LogP contribution < -0.4 is 4.74 Å². The number of carbonyl (C=O) groups is 1. The summed E-state index contributed by atoms with van der Waals surface area (Å²) in [6.45, 7) is 0. The third-order valence-corrected chi connectivity index (χ3v) is 2.55. The highest BCUT2D eigenvalue weighted by atomic mass is 19.3. The van der Waals surface area contributed by atoms with Crippen molar-refractivity contribution in [3.05, 3.63) is 53.2 Å². The van der Waals surface area contributed by atoms with E-state index in [0.717, 1.165) is 0 Å². The number of hydrogen-bond donors (Lipinski definition) is 0. The quantitative estimate of drug-likeness (QED) is 0.808. The molecular weight excluding hydrogens is 280 g/mol. The van der Waals surface area contributed by atoms with Gasteiger partial charge in [0.15, 0.2) is 5.69 Å². The summed E-state index contributed by atoms with van der Waals surface area (Å²) in [5.74, 6) is -0.623. The second-order valence-corrected chi connectivity index (χ2v) is 4.06. The molecule has 1 heterocycles. The molecule has 0 spiro atoms. The van der Waals surface area contributed by atoms with Crippen LogP contribution in [0.4, 0.5) is 8.78 Å². The Hall–Kier alpha value is -2.88. The summed E-state index contributed by atoms with van der Waals surface area (Å²) in [6, 6.07) is 9.90. The van der Waals surface area contributed by atoms with E-state index in [4.69, 9.17) is 10.00 Å². The molecular formula is C14H9F2N3O2. The van der Waals surface area contributed by atoms with Crippen LogP contribution in [0.1, 0.15) is 23.2 Å². The smallest absolute Gasteiger partial charge is 0.317 e. The largest absolute Gasteiger partial charge is 0.406 e. The van der Waals surface area contributed by atoms with Crippen LogP contribution in [0, 0.1) is 11.3 Å². The van der Waals surface area contributed by atoms with Gasteiger partial charge in [-0.05, 0) is 11.6 Å². The molecule has 1 aromatic carbocycles. The van der Waals surface area contributed by atoms with Gasteiger partial charge in [-0.3, -0.25) is 4.79 Å². The van der Waals surface area contributed by atoms with Crippen molar-refractivity contribution in [2.75, 3.05) is 0 Å². The van der Waals surface area contributed by atoms with E-state index in [1.807, 2.05) is 0 Å². The van der Waals surface area contributed by atoms with Crippen LogP contribution >= 0.6 is 0 Å². The molecule has 0 unspecified atom stereocenters. The molecule has 0 fully saturated rings. The molecule has 0 amide bonds. The second-order valence-electron chi connectivity index (χ2n) is 4.06. The molecule has 0 aliphatic rings. The molecule has 106 valence electrons. The maximum absolute atomic E-state index is 12.4. The molecule has 0 radical (unpaired) electrons. The highest BCUT2D eigenvalue weighted by Gasteiger charge is 2.10. The van der Waals surface area contributed by atoms with E-state index < -0.39 is 12.4 Å². The zero-order valence-electron chi connectivity index (χ0n) is 10.7. The van der Waals surface area contributed by atoms with Gasteiger partial charge in [0.2, 0.25) is 5.88 Å². The lowest BCUT2D eigenvalue weighted by atomic mass is 10.1. The summed E-state index contributed by atoms with van der Waals surface area (Å²) in [5.41, 5.74) is 0.550. The number of nitrogens with zero attached hydrogens (tertiary/aromatic N) is 3. The molecule has 0 saturated carbocycles. The Morgan fingerprint density at radius 1 is 1.19 bits per heavy atom. The highest BCUT2D eigenvalue weighted by molar-refractivity contribution is 5.74. The van der Waals surface area contributed by atoms with Crippen LogP contribution in [0.15, 0.2) is 36.4 Å². The summed E-state index contributed by atoms with van der Waals surface area (Å²) >= 11 is 0. The Morgan fingerprint density at radius 3 is 2.43 bits per heavy atom. The molecule has 0 aliphatic carbocycles. The fourth-order valence-corrected chi connectivity index (χ4v) is 1.53. The first kappa shape index (κ1) is 14.5. The second kappa shape index (κ2) is 6.52. The number of benzene rings is 1. The van der Waals surface area contributed by atoms with Crippen molar-refractivity contribution in [1.29, 1.82) is 5.26 Å². The first-order chi connectivity index (χ1) is 10.1. The number of ether oxygens (including phenoxy) is 1. The highest BCUT2D eigenvalue weighted by Crippen LogP contribution is 2.19. The van der Waals surface area contributed by atoms with Crippen molar-refractivity contribution in [2.24, 2.45) is 0 Å². The first-order valence-electron chi connectivity index (χ1n) is 5.90. The number of esters is 1. The maximum Gasteiger partial charge on any atom is 0.317 e. The van der Waals surface area contributed by atoms with Crippen LogP contribution in [0.25, 0.3) is 0 Å². The summed E-state index contributed by atoms with van der Waals surface area (Å²) in [7, 11) is 0. The van der Waals surface area contributed by atoms with Gasteiger partial charge in [-0.2, -0.15) is 5.26 Å². The lowest BCUT2D eigenvalue weighted by Gasteiger charge is -2.04. The van der Waals surface area contributed by atoms with E-state index >= 15 is 0 Å². The minimum atomic E-state index is -2.54. The predicted octanol–water partition coefficient (Wildman–Crippen LogP) is 2.43. The molecule has 2 rings (SSSR count). The van der Waals surface area contributed by atoms with E-state index in [0.29, 0.717) is 5.56 Å². The van der Waals surface area contributed by atoms with Crippen molar-refractivity contribution >= 4 is 5.97 Å². The third kappa shape index (κ3) is 4.04. The molecule has 0 N–H and O–H groups in total. The molecule has 0 atom stereocenters. The van der Waals surface area contributed by atoms with Crippen LogP contribution in [0.2, 0.25) is 0 Å². The Balaban J connectivity index is 1.96. The summed E-state index contributed by atoms with van der Waals surface area (Å²) in [4.78, 5) is 11.7. The van der Waals surface area contributed by atoms with Gasteiger partial charge in [-0.25, -0.2) is 8.78 Å². The van der Waals surface area contributed by atoms with Gasteiger partial charge in [-0.15, -0.1) is 10.2 Å². The van der Waals surface area contributed by atoms with Crippen molar-refractivity contribution in [3.63, 3.8) is 0 Å². The molecule has 0 aliphatic heterocycles. The van der Waals surface area contributed by atoms with Crippen molar-refractivity contribution in [3.8, 4) is 11.9 Å². The van der Waals surface area contributed by atoms with E-state index in [-0.39, 0.29) is 23.6 Å². The number of carbonyl (C=O) groups excluding carboxylic acids is 1. The maximum atomic E-state index is 12.4. The van der Waals surface area contributed by atoms with Crippen molar-refractivity contribution < 1.29 is 18.3 Å². The number of alkyl halides is 2. The van der Waals surface area contributed by atoms with Gasteiger partial charge in [0.05, 0.1) is 6.42 Å². The standard InChI is InChI=1S/C14H9F2N3O2/c15-14(16)10-3-1-9(2-4-10)7-13(20)21-12-6-5-11(8-17)18-19-12/h1-6,14H,7H2. The lowest BCUT2D eigenvalue weighted by Crippen LogP contribution is -2.12. The third-order valence-electron chi connectivity index (χ3n) is 2.55. The van der Waals surface area contributed by atoms with Crippen molar-refractivity contribution in [1.82, 2.24) is 10.2 Å². The summed E-state index contributed by atoms with van der Waals surface area (Å²) in [5, 5.41) is 15.6. The molecule has 0 bridgehead atoms. The normalized spacial score (nSPS) is 10.2. The van der Waals surface area contributed by atoms with Gasteiger partial charge in [0.25, 0.3) is 6.43 Å². The fourth-order valence-electron chi connectivity index (χ4n) is 1.53. The molecule has 7 heteroatoms. The monoisotopic (exact) mass is 289 g/mol. The zero-order chi connectivity index (χ0) is 15.2. The Labute approximate surface area is 118 Å². The van der Waals surface area contributed by atoms with Crippen LogP contribution in [-0.2, 0) is 11.2 Å². The van der Waals surface area contributed by atoms with Crippen LogP contribution in [0.5, 0.6) is 5.88 Å². The average molecular weight is 289 g/mol. The number of nitriles is 1. The summed E-state index contributed by atoms with van der Waals surface area (Å²) < 4.78 is 29.7.